The summed E-state index contributed by atoms with van der Waals surface area (Å²) in [6.45, 7) is 2.12. The second-order valence-electron chi connectivity index (χ2n) is 3.14. The van der Waals surface area contributed by atoms with Crippen LogP contribution in [0.1, 0.15) is 25.3 Å². The Labute approximate surface area is 84.2 Å². The maximum atomic E-state index is 8.75. The van der Waals surface area contributed by atoms with Crippen LogP contribution in [-0.2, 0) is 6.42 Å². The van der Waals surface area contributed by atoms with Crippen LogP contribution < -0.4 is 9.62 Å². The van der Waals surface area contributed by atoms with E-state index < -0.39 is 0 Å². The quantitative estimate of drug-likeness (QED) is 0.581. The number of ether oxygens (including phenoxy) is 1. The van der Waals surface area contributed by atoms with E-state index in [1.807, 2.05) is 12.1 Å². The Morgan fingerprint density at radius 3 is 2.71 bits per heavy atom. The fourth-order valence-electron chi connectivity index (χ4n) is 1.39. The van der Waals surface area contributed by atoms with E-state index in [-0.39, 0.29) is 0 Å². The molecule has 0 saturated heterocycles. The van der Waals surface area contributed by atoms with Gasteiger partial charge in [0.05, 0.1) is 7.11 Å². The van der Waals surface area contributed by atoms with Crippen LogP contribution >= 0.6 is 0 Å². The lowest BCUT2D eigenvalue weighted by Gasteiger charge is -2.09. The number of methoxy groups -OCH3 is 1. The minimum atomic E-state index is 0.434. The third kappa shape index (κ3) is 2.39. The lowest BCUT2D eigenvalue weighted by molar-refractivity contribution is -0.139. The van der Waals surface area contributed by atoms with Crippen LogP contribution in [0.4, 0.5) is 0 Å². The van der Waals surface area contributed by atoms with Gasteiger partial charge in [-0.05, 0) is 18.9 Å². The summed E-state index contributed by atoms with van der Waals surface area (Å²) in [7, 11) is 1.56. The van der Waals surface area contributed by atoms with Crippen molar-refractivity contribution in [2.24, 2.45) is 0 Å². The number of para-hydroxylation sites is 1. The molecular formula is C11H16O3. The number of benzene rings is 1. The first-order valence-electron chi connectivity index (χ1n) is 4.80. The predicted molar refractivity (Wildman–Crippen MR) is 54.9 cm³/mol. The zero-order valence-corrected chi connectivity index (χ0v) is 8.62. The molecule has 3 nitrogen and oxygen atoms in total. The largest absolute Gasteiger partial charge is 0.493 e. The maximum Gasteiger partial charge on any atom is 0.210 e. The van der Waals surface area contributed by atoms with E-state index in [2.05, 4.69) is 11.8 Å². The standard InChI is InChI=1S/C11H16O3/c1-3-4-6-9-7-5-8-10(13-2)11(9)14-12/h5,7-8,12H,3-4,6H2,1-2H3. The number of unbranched alkanes of at least 4 members (excludes halogenated alkanes) is 1. The van der Waals surface area contributed by atoms with Gasteiger partial charge >= 0.3 is 0 Å². The molecule has 1 aromatic carbocycles. The summed E-state index contributed by atoms with van der Waals surface area (Å²) in [6.07, 6.45) is 3.08. The molecule has 14 heavy (non-hydrogen) atoms. The average molecular weight is 196 g/mol. The van der Waals surface area contributed by atoms with E-state index >= 15 is 0 Å². The Balaban J connectivity index is 2.90. The summed E-state index contributed by atoms with van der Waals surface area (Å²) in [5, 5.41) is 8.75. The van der Waals surface area contributed by atoms with Crippen molar-refractivity contribution in [3.63, 3.8) is 0 Å². The van der Waals surface area contributed by atoms with Gasteiger partial charge in [-0.15, -0.1) is 0 Å². The molecule has 0 fully saturated rings. The normalized spacial score (nSPS) is 9.93. The van der Waals surface area contributed by atoms with Crippen LogP contribution in [0.2, 0.25) is 0 Å². The molecule has 0 aliphatic rings. The molecule has 0 bridgehead atoms. The number of hydrogen-bond donors (Lipinski definition) is 1. The van der Waals surface area contributed by atoms with E-state index in [0.717, 1.165) is 24.8 Å². The first-order valence-corrected chi connectivity index (χ1v) is 4.80. The minimum absolute atomic E-state index is 0.434. The highest BCUT2D eigenvalue weighted by Gasteiger charge is 2.09. The molecule has 0 aliphatic carbocycles. The third-order valence-electron chi connectivity index (χ3n) is 2.17. The second kappa shape index (κ2) is 5.50. The monoisotopic (exact) mass is 196 g/mol. The molecule has 0 aliphatic heterocycles. The molecule has 0 aromatic heterocycles. The van der Waals surface area contributed by atoms with Crippen LogP contribution in [0.25, 0.3) is 0 Å². The molecule has 1 N–H and O–H groups in total. The predicted octanol–water partition coefficient (Wildman–Crippen LogP) is 2.89. The molecule has 0 amide bonds. The summed E-state index contributed by atoms with van der Waals surface area (Å²) >= 11 is 0. The Hall–Kier alpha value is -1.22. The number of hydrogen-bond acceptors (Lipinski definition) is 3. The maximum absolute atomic E-state index is 8.75. The molecule has 0 heterocycles. The van der Waals surface area contributed by atoms with Crippen LogP contribution in [0.3, 0.4) is 0 Å². The molecule has 0 atom stereocenters. The van der Waals surface area contributed by atoms with Crippen molar-refractivity contribution in [3.8, 4) is 11.5 Å². The van der Waals surface area contributed by atoms with Crippen molar-refractivity contribution in [3.05, 3.63) is 23.8 Å². The van der Waals surface area contributed by atoms with Gasteiger partial charge in [0.15, 0.2) is 5.75 Å². The molecule has 0 spiro atoms. The molecule has 1 rings (SSSR count). The average Bonchev–Trinajstić information content (AvgIpc) is 2.25. The van der Waals surface area contributed by atoms with Gasteiger partial charge in [-0.3, -0.25) is 0 Å². The van der Waals surface area contributed by atoms with Crippen molar-refractivity contribution in [1.82, 2.24) is 0 Å². The summed E-state index contributed by atoms with van der Waals surface area (Å²) in [4.78, 5) is 4.34. The van der Waals surface area contributed by atoms with E-state index in [9.17, 15) is 0 Å². The van der Waals surface area contributed by atoms with E-state index in [1.165, 1.54) is 0 Å². The number of rotatable bonds is 5. The molecular weight excluding hydrogens is 180 g/mol. The van der Waals surface area contributed by atoms with Crippen molar-refractivity contribution < 1.29 is 14.9 Å². The fraction of sp³-hybridized carbons (Fsp3) is 0.455. The Bertz CT molecular complexity index is 284. The Morgan fingerprint density at radius 1 is 1.36 bits per heavy atom. The molecule has 0 radical (unpaired) electrons. The molecule has 1 aromatic rings. The van der Waals surface area contributed by atoms with E-state index in [1.54, 1.807) is 13.2 Å². The summed E-state index contributed by atoms with van der Waals surface area (Å²) in [5.74, 6) is 1.00. The topological polar surface area (TPSA) is 38.7 Å². The van der Waals surface area contributed by atoms with Crippen molar-refractivity contribution in [2.75, 3.05) is 7.11 Å². The van der Waals surface area contributed by atoms with E-state index in [0.29, 0.717) is 11.5 Å². The number of aryl methyl sites for hydroxylation is 1. The highest BCUT2D eigenvalue weighted by Crippen LogP contribution is 2.31. The fourth-order valence-corrected chi connectivity index (χ4v) is 1.39. The zero-order chi connectivity index (χ0) is 10.4. The highest BCUT2D eigenvalue weighted by molar-refractivity contribution is 5.46. The smallest absolute Gasteiger partial charge is 0.210 e. The van der Waals surface area contributed by atoms with Gasteiger partial charge in [-0.25, -0.2) is 5.26 Å². The Morgan fingerprint density at radius 2 is 2.14 bits per heavy atom. The van der Waals surface area contributed by atoms with Crippen LogP contribution in [-0.4, -0.2) is 12.4 Å². The third-order valence-corrected chi connectivity index (χ3v) is 2.17. The van der Waals surface area contributed by atoms with Crippen LogP contribution in [0.15, 0.2) is 18.2 Å². The van der Waals surface area contributed by atoms with Crippen molar-refractivity contribution in [1.29, 1.82) is 0 Å². The molecule has 0 unspecified atom stereocenters. The van der Waals surface area contributed by atoms with Gasteiger partial charge in [0.25, 0.3) is 0 Å². The minimum Gasteiger partial charge on any atom is -0.493 e. The van der Waals surface area contributed by atoms with Crippen LogP contribution in [0, 0.1) is 0 Å². The SMILES string of the molecule is CCCCc1cccc(OC)c1OO. The summed E-state index contributed by atoms with van der Waals surface area (Å²) in [6, 6.07) is 5.59. The van der Waals surface area contributed by atoms with Crippen molar-refractivity contribution in [2.45, 2.75) is 26.2 Å². The van der Waals surface area contributed by atoms with Gasteiger partial charge in [0, 0.05) is 5.56 Å². The zero-order valence-electron chi connectivity index (χ0n) is 8.62. The van der Waals surface area contributed by atoms with Gasteiger partial charge in [-0.2, -0.15) is 0 Å². The van der Waals surface area contributed by atoms with Crippen molar-refractivity contribution >= 4 is 0 Å². The lowest BCUT2D eigenvalue weighted by atomic mass is 10.1. The first-order chi connectivity index (χ1) is 6.83. The highest BCUT2D eigenvalue weighted by atomic mass is 17.1. The molecule has 0 saturated carbocycles. The van der Waals surface area contributed by atoms with Gasteiger partial charge in [0.1, 0.15) is 0 Å². The summed E-state index contributed by atoms with van der Waals surface area (Å²) < 4.78 is 5.07. The molecule has 78 valence electrons. The first kappa shape index (κ1) is 10.9. The van der Waals surface area contributed by atoms with Crippen LogP contribution in [0.5, 0.6) is 11.5 Å². The van der Waals surface area contributed by atoms with Gasteiger partial charge in [-0.1, -0.05) is 25.5 Å². The molecule has 3 heteroatoms. The van der Waals surface area contributed by atoms with Gasteiger partial charge < -0.3 is 9.62 Å². The Kier molecular flexibility index (Phi) is 4.26. The van der Waals surface area contributed by atoms with E-state index in [4.69, 9.17) is 9.99 Å². The lowest BCUT2D eigenvalue weighted by Crippen LogP contribution is -1.96. The van der Waals surface area contributed by atoms with Gasteiger partial charge in [0.2, 0.25) is 5.75 Å². The summed E-state index contributed by atoms with van der Waals surface area (Å²) in [5.41, 5.74) is 0.980. The second-order valence-corrected chi connectivity index (χ2v) is 3.14.